The summed E-state index contributed by atoms with van der Waals surface area (Å²) in [5.74, 6) is 1.62. The zero-order valence-electron chi connectivity index (χ0n) is 13.1. The Labute approximate surface area is 127 Å². The van der Waals surface area contributed by atoms with Crippen molar-refractivity contribution in [3.8, 4) is 0 Å². The number of aromatic nitrogens is 1. The van der Waals surface area contributed by atoms with E-state index in [9.17, 15) is 0 Å². The van der Waals surface area contributed by atoms with Gasteiger partial charge in [-0.25, -0.2) is 4.98 Å². The van der Waals surface area contributed by atoms with E-state index in [0.717, 1.165) is 18.8 Å². The molecule has 3 heteroatoms. The van der Waals surface area contributed by atoms with Crippen molar-refractivity contribution in [1.29, 1.82) is 0 Å². The molecule has 1 aromatic heterocycles. The van der Waals surface area contributed by atoms with Gasteiger partial charge in [-0.05, 0) is 37.0 Å². The zero-order chi connectivity index (χ0) is 14.3. The number of fused-ring (bicyclic) bond motifs is 1. The van der Waals surface area contributed by atoms with Crippen molar-refractivity contribution < 1.29 is 0 Å². The van der Waals surface area contributed by atoms with Crippen LogP contribution in [0.1, 0.15) is 86.8 Å². The molecule has 20 heavy (non-hydrogen) atoms. The molecule has 1 aromatic rings. The Morgan fingerprint density at radius 3 is 2.90 bits per heavy atom. The maximum Gasteiger partial charge on any atom is 0.0962 e. The van der Waals surface area contributed by atoms with Crippen LogP contribution < -0.4 is 5.73 Å². The first-order valence-electron chi connectivity index (χ1n) is 8.23. The second-order valence-electron chi connectivity index (χ2n) is 7.65. The normalized spacial score (nSPS) is 32.9. The van der Waals surface area contributed by atoms with Crippen LogP contribution in [0.25, 0.3) is 0 Å². The lowest BCUT2D eigenvalue weighted by atomic mass is 9.76. The molecule has 0 saturated heterocycles. The predicted octanol–water partition coefficient (Wildman–Crippen LogP) is 4.80. The Bertz CT molecular complexity index is 477. The molecule has 0 spiro atoms. The quantitative estimate of drug-likeness (QED) is 0.850. The van der Waals surface area contributed by atoms with Gasteiger partial charge < -0.3 is 5.73 Å². The molecule has 2 aliphatic rings. The highest BCUT2D eigenvalue weighted by Gasteiger charge is 2.34. The van der Waals surface area contributed by atoms with E-state index in [2.05, 4.69) is 20.8 Å². The van der Waals surface area contributed by atoms with Crippen molar-refractivity contribution >= 4 is 11.3 Å². The van der Waals surface area contributed by atoms with Gasteiger partial charge in [0.15, 0.2) is 0 Å². The van der Waals surface area contributed by atoms with Gasteiger partial charge in [-0.2, -0.15) is 0 Å². The van der Waals surface area contributed by atoms with Gasteiger partial charge in [-0.15, -0.1) is 11.3 Å². The molecule has 2 nitrogen and oxygen atoms in total. The third kappa shape index (κ3) is 2.80. The molecule has 3 unspecified atom stereocenters. The highest BCUT2D eigenvalue weighted by atomic mass is 32.1. The topological polar surface area (TPSA) is 38.9 Å². The largest absolute Gasteiger partial charge is 0.323 e. The molecule has 0 amide bonds. The van der Waals surface area contributed by atoms with Crippen molar-refractivity contribution in [2.45, 2.75) is 77.7 Å². The van der Waals surface area contributed by atoms with Gasteiger partial charge in [0.05, 0.1) is 10.7 Å². The minimum atomic E-state index is 0.213. The lowest BCUT2D eigenvalue weighted by Crippen LogP contribution is -2.28. The van der Waals surface area contributed by atoms with Gasteiger partial charge in [0.2, 0.25) is 0 Å². The molecular formula is C17H28N2S. The van der Waals surface area contributed by atoms with Crippen LogP contribution in [0.5, 0.6) is 0 Å². The average molecular weight is 292 g/mol. The van der Waals surface area contributed by atoms with Crippen LogP contribution >= 0.6 is 11.3 Å². The maximum atomic E-state index is 6.39. The second-order valence-corrected chi connectivity index (χ2v) is 8.71. The number of nitrogens with zero attached hydrogens (tertiary/aromatic N) is 1. The summed E-state index contributed by atoms with van der Waals surface area (Å²) in [6, 6.07) is 0.213. The minimum Gasteiger partial charge on any atom is -0.323 e. The SMILES string of the molecule is CCC1CCCC(c2nc3c(s2)C(N)CC(C)(C)C3)C1. The van der Waals surface area contributed by atoms with Gasteiger partial charge >= 0.3 is 0 Å². The van der Waals surface area contributed by atoms with E-state index in [1.54, 1.807) is 0 Å². The molecule has 1 saturated carbocycles. The van der Waals surface area contributed by atoms with Crippen LogP contribution in [-0.4, -0.2) is 4.98 Å². The average Bonchev–Trinajstić information content (AvgIpc) is 2.81. The van der Waals surface area contributed by atoms with Gasteiger partial charge in [0, 0.05) is 16.8 Å². The smallest absolute Gasteiger partial charge is 0.0962 e. The van der Waals surface area contributed by atoms with E-state index >= 15 is 0 Å². The van der Waals surface area contributed by atoms with Crippen molar-refractivity contribution in [3.63, 3.8) is 0 Å². The van der Waals surface area contributed by atoms with Gasteiger partial charge in [-0.3, -0.25) is 0 Å². The first-order valence-corrected chi connectivity index (χ1v) is 9.05. The molecule has 112 valence electrons. The summed E-state index contributed by atoms with van der Waals surface area (Å²) < 4.78 is 0. The number of thiazole rings is 1. The number of hydrogen-bond donors (Lipinski definition) is 1. The van der Waals surface area contributed by atoms with E-state index in [0.29, 0.717) is 11.3 Å². The molecule has 2 N–H and O–H groups in total. The molecule has 0 radical (unpaired) electrons. The fourth-order valence-electron chi connectivity index (χ4n) is 4.07. The Balaban J connectivity index is 1.83. The van der Waals surface area contributed by atoms with Crippen LogP contribution in [0.2, 0.25) is 0 Å². The van der Waals surface area contributed by atoms with Crippen molar-refractivity contribution in [2.75, 3.05) is 0 Å². The number of nitrogens with two attached hydrogens (primary N) is 1. The zero-order valence-corrected chi connectivity index (χ0v) is 13.9. The molecule has 3 atom stereocenters. The number of rotatable bonds is 2. The Morgan fingerprint density at radius 1 is 1.35 bits per heavy atom. The summed E-state index contributed by atoms with van der Waals surface area (Å²) in [4.78, 5) is 6.41. The van der Waals surface area contributed by atoms with Crippen molar-refractivity contribution in [2.24, 2.45) is 17.1 Å². The van der Waals surface area contributed by atoms with Crippen molar-refractivity contribution in [3.05, 3.63) is 15.6 Å². The molecule has 3 rings (SSSR count). The van der Waals surface area contributed by atoms with Crippen LogP contribution in [0, 0.1) is 11.3 Å². The van der Waals surface area contributed by atoms with Crippen molar-refractivity contribution in [1.82, 2.24) is 4.98 Å². The van der Waals surface area contributed by atoms with Crippen LogP contribution in [0.15, 0.2) is 0 Å². The summed E-state index contributed by atoms with van der Waals surface area (Å²) in [5.41, 5.74) is 8.02. The molecule has 0 aromatic carbocycles. The second kappa shape index (κ2) is 5.42. The summed E-state index contributed by atoms with van der Waals surface area (Å²) in [5, 5.41) is 1.39. The predicted molar refractivity (Wildman–Crippen MR) is 86.1 cm³/mol. The van der Waals surface area contributed by atoms with Gasteiger partial charge in [0.1, 0.15) is 0 Å². The lowest BCUT2D eigenvalue weighted by Gasteiger charge is -2.32. The summed E-state index contributed by atoms with van der Waals surface area (Å²) >= 11 is 1.93. The molecule has 1 heterocycles. The van der Waals surface area contributed by atoms with Crippen LogP contribution in [-0.2, 0) is 6.42 Å². The van der Waals surface area contributed by atoms with Gasteiger partial charge in [-0.1, -0.05) is 40.0 Å². The Kier molecular flexibility index (Phi) is 3.93. The minimum absolute atomic E-state index is 0.213. The van der Waals surface area contributed by atoms with E-state index in [1.807, 2.05) is 11.3 Å². The molecular weight excluding hydrogens is 264 g/mol. The number of hydrogen-bond acceptors (Lipinski definition) is 3. The first kappa shape index (κ1) is 14.5. The third-order valence-corrected chi connectivity index (χ3v) is 6.60. The van der Waals surface area contributed by atoms with E-state index in [4.69, 9.17) is 10.7 Å². The molecule has 1 fully saturated rings. The highest BCUT2D eigenvalue weighted by molar-refractivity contribution is 7.12. The molecule has 0 bridgehead atoms. The van der Waals surface area contributed by atoms with Gasteiger partial charge in [0.25, 0.3) is 0 Å². The summed E-state index contributed by atoms with van der Waals surface area (Å²) in [6.07, 6.45) is 9.02. The molecule has 0 aliphatic heterocycles. The van der Waals surface area contributed by atoms with Crippen LogP contribution in [0.4, 0.5) is 0 Å². The monoisotopic (exact) mass is 292 g/mol. The van der Waals surface area contributed by atoms with Crippen LogP contribution in [0.3, 0.4) is 0 Å². The Hall–Kier alpha value is -0.410. The molecule has 2 aliphatic carbocycles. The highest BCUT2D eigenvalue weighted by Crippen LogP contribution is 2.45. The van der Waals surface area contributed by atoms with E-state index in [1.165, 1.54) is 47.7 Å². The standard InChI is InChI=1S/C17H28N2S/c1-4-11-6-5-7-12(8-11)16-19-14-10-17(2,3)9-13(18)15(14)20-16/h11-13H,4-10,18H2,1-3H3. The van der Waals surface area contributed by atoms with E-state index < -0.39 is 0 Å². The fourth-order valence-corrected chi connectivity index (χ4v) is 5.31. The third-order valence-electron chi connectivity index (χ3n) is 5.21. The maximum absolute atomic E-state index is 6.39. The lowest BCUT2D eigenvalue weighted by molar-refractivity contribution is 0.281. The fraction of sp³-hybridized carbons (Fsp3) is 0.824. The first-order chi connectivity index (χ1) is 9.48. The summed E-state index contributed by atoms with van der Waals surface area (Å²) in [7, 11) is 0. The Morgan fingerprint density at radius 2 is 2.15 bits per heavy atom. The van der Waals surface area contributed by atoms with E-state index in [-0.39, 0.29) is 6.04 Å². The summed E-state index contributed by atoms with van der Waals surface area (Å²) in [6.45, 7) is 6.98.